The maximum Gasteiger partial charge on any atom is 0.245 e. The van der Waals surface area contributed by atoms with E-state index in [-0.39, 0.29) is 37.2 Å². The van der Waals surface area contributed by atoms with Crippen molar-refractivity contribution >= 4 is 47.3 Å². The molecule has 302 valence electrons. The van der Waals surface area contributed by atoms with Gasteiger partial charge >= 0.3 is 0 Å². The summed E-state index contributed by atoms with van der Waals surface area (Å²) >= 11 is 0. The summed E-state index contributed by atoms with van der Waals surface area (Å²) in [7, 11) is 0. The van der Waals surface area contributed by atoms with Gasteiger partial charge < -0.3 is 53.4 Å². The van der Waals surface area contributed by atoms with Crippen LogP contribution in [-0.4, -0.2) is 120 Å². The maximum absolute atomic E-state index is 13.9. The van der Waals surface area contributed by atoms with E-state index in [9.17, 15) is 38.7 Å². The van der Waals surface area contributed by atoms with E-state index in [1.165, 1.54) is 11.8 Å². The summed E-state index contributed by atoms with van der Waals surface area (Å²) < 4.78 is 0. The van der Waals surface area contributed by atoms with Crippen LogP contribution in [0.25, 0.3) is 0 Å². The van der Waals surface area contributed by atoms with Gasteiger partial charge in [0.15, 0.2) is 5.96 Å². The van der Waals surface area contributed by atoms with Gasteiger partial charge in [0, 0.05) is 26.6 Å². The van der Waals surface area contributed by atoms with Crippen LogP contribution >= 0.6 is 0 Å². The molecular formula is C35H64N10O8. The van der Waals surface area contributed by atoms with Crippen LogP contribution in [0.1, 0.15) is 99.8 Å². The summed E-state index contributed by atoms with van der Waals surface area (Å²) in [5.41, 5.74) is 10.9. The normalized spacial score (nSPS) is 17.3. The minimum Gasteiger partial charge on any atom is -0.394 e. The number of nitrogens with zero attached hydrogens (tertiary/aromatic N) is 2. The SMILES string of the molecule is CCC[C@H](NC(=O)[C@H](CO)NC(=O)[C@@H](CC(C)C)NC(C)=O)C(=O)N[C@H](C(=O)N[C@@H](CCCN=C(N)N)C(=O)N1CCC[C@H]1C(=O)NCC)[C@@H](C)CC. The Bertz CT molecular complexity index is 1280. The predicted octanol–water partition coefficient (Wildman–Crippen LogP) is -1.50. The third-order valence-electron chi connectivity index (χ3n) is 8.97. The smallest absolute Gasteiger partial charge is 0.245 e. The summed E-state index contributed by atoms with van der Waals surface area (Å²) in [6.45, 7) is 12.3. The first-order valence-electron chi connectivity index (χ1n) is 18.7. The number of aliphatic hydroxyl groups is 1. The summed E-state index contributed by atoms with van der Waals surface area (Å²) in [5, 5.41) is 25.9. The molecule has 0 aromatic rings. The van der Waals surface area contributed by atoms with E-state index in [0.29, 0.717) is 51.6 Å². The van der Waals surface area contributed by atoms with Crippen molar-refractivity contribution in [2.45, 2.75) is 136 Å². The van der Waals surface area contributed by atoms with Crippen LogP contribution in [0, 0.1) is 11.8 Å². The fourth-order valence-electron chi connectivity index (χ4n) is 6.02. The third kappa shape index (κ3) is 16.0. The van der Waals surface area contributed by atoms with Crippen molar-refractivity contribution in [2.75, 3.05) is 26.2 Å². The quantitative estimate of drug-likeness (QED) is 0.0331. The Labute approximate surface area is 313 Å². The Hall–Kier alpha value is -4.48. The number of likely N-dealkylation sites (tertiary alicyclic amines) is 1. The number of nitrogens with one attached hydrogen (secondary N) is 6. The van der Waals surface area contributed by atoms with Crippen LogP contribution in [0.4, 0.5) is 0 Å². The maximum atomic E-state index is 13.9. The molecule has 1 rings (SSSR count). The molecule has 0 aromatic heterocycles. The lowest BCUT2D eigenvalue weighted by Crippen LogP contribution is -2.61. The number of guanidine groups is 1. The molecule has 18 nitrogen and oxygen atoms in total. The van der Waals surface area contributed by atoms with Gasteiger partial charge in [-0.25, -0.2) is 0 Å². The monoisotopic (exact) mass is 752 g/mol. The van der Waals surface area contributed by atoms with E-state index < -0.39 is 84.2 Å². The van der Waals surface area contributed by atoms with Crippen molar-refractivity contribution in [1.82, 2.24) is 36.8 Å². The molecule has 0 unspecified atom stereocenters. The highest BCUT2D eigenvalue weighted by atomic mass is 16.3. The Kier molecular flexibility index (Phi) is 21.0. The molecule has 0 aromatic carbocycles. The van der Waals surface area contributed by atoms with E-state index in [2.05, 4.69) is 36.9 Å². The number of aliphatic imine (C=N–C) groups is 1. The first kappa shape index (κ1) is 46.5. The van der Waals surface area contributed by atoms with Gasteiger partial charge in [-0.3, -0.25) is 38.6 Å². The number of nitrogens with two attached hydrogens (primary N) is 2. The fourth-order valence-corrected chi connectivity index (χ4v) is 6.02. The van der Waals surface area contributed by atoms with Crippen molar-refractivity contribution in [1.29, 1.82) is 0 Å². The van der Waals surface area contributed by atoms with Crippen LogP contribution in [0.5, 0.6) is 0 Å². The van der Waals surface area contributed by atoms with Crippen molar-refractivity contribution in [3.8, 4) is 0 Å². The number of hydrogen-bond acceptors (Lipinski definition) is 9. The van der Waals surface area contributed by atoms with E-state index in [0.717, 1.165) is 0 Å². The van der Waals surface area contributed by atoms with Crippen LogP contribution in [0.2, 0.25) is 0 Å². The van der Waals surface area contributed by atoms with Crippen molar-refractivity contribution in [3.63, 3.8) is 0 Å². The second-order valence-electron chi connectivity index (χ2n) is 13.9. The van der Waals surface area contributed by atoms with E-state index in [1.807, 2.05) is 20.8 Å². The van der Waals surface area contributed by atoms with E-state index >= 15 is 0 Å². The molecule has 7 amide bonds. The number of likely N-dealkylation sites (N-methyl/N-ethyl adjacent to an activating group) is 1. The topological polar surface area (TPSA) is 280 Å². The molecule has 1 fully saturated rings. The first-order valence-corrected chi connectivity index (χ1v) is 18.7. The Balaban J connectivity index is 3.23. The van der Waals surface area contributed by atoms with Crippen LogP contribution in [-0.2, 0) is 33.6 Å². The second-order valence-corrected chi connectivity index (χ2v) is 13.9. The Morgan fingerprint density at radius 3 is 1.96 bits per heavy atom. The number of carbonyl (C=O) groups excluding carboxylic acids is 7. The minimum absolute atomic E-state index is 0.0369. The zero-order valence-electron chi connectivity index (χ0n) is 32.5. The lowest BCUT2D eigenvalue weighted by atomic mass is 9.96. The molecule has 0 saturated carbocycles. The van der Waals surface area contributed by atoms with Crippen molar-refractivity contribution in [3.05, 3.63) is 0 Å². The number of rotatable bonds is 23. The lowest BCUT2D eigenvalue weighted by molar-refractivity contribution is -0.142. The molecule has 1 heterocycles. The fraction of sp³-hybridized carbons (Fsp3) is 0.771. The van der Waals surface area contributed by atoms with Gasteiger partial charge in [0.2, 0.25) is 41.4 Å². The number of aliphatic hydroxyl groups excluding tert-OH is 1. The van der Waals surface area contributed by atoms with E-state index in [1.54, 1.807) is 20.8 Å². The standard InChI is InChI=1S/C35H64N10O8/c1-8-13-23(41-31(50)26(19-46)43-30(49)25(18-20(4)5)40-22(7)47)29(48)44-28(21(6)9-2)33(52)42-24(14-11-16-39-35(36)37)34(53)45-17-12-15-27(45)32(51)38-10-3/h20-21,23-28,46H,8-19H2,1-7H3,(H,38,51)(H,40,47)(H,41,50)(H,42,52)(H,43,49)(H,44,48)(H4,36,37,39)/t21-,23-,24-,25+,26-,27-,28-/m0/s1. The second kappa shape index (κ2) is 24.0. The minimum atomic E-state index is -1.42. The van der Waals surface area contributed by atoms with E-state index in [4.69, 9.17) is 11.5 Å². The van der Waals surface area contributed by atoms with Gasteiger partial charge in [0.25, 0.3) is 0 Å². The zero-order chi connectivity index (χ0) is 40.2. The molecule has 0 bridgehead atoms. The highest BCUT2D eigenvalue weighted by Gasteiger charge is 2.39. The lowest BCUT2D eigenvalue weighted by Gasteiger charge is -2.31. The number of amides is 7. The summed E-state index contributed by atoms with van der Waals surface area (Å²) in [6.07, 6.45) is 2.99. The van der Waals surface area contributed by atoms with Gasteiger partial charge in [0.1, 0.15) is 36.3 Å². The van der Waals surface area contributed by atoms with Gasteiger partial charge in [-0.1, -0.05) is 47.5 Å². The summed E-state index contributed by atoms with van der Waals surface area (Å²) in [5.74, 6) is -4.42. The summed E-state index contributed by atoms with van der Waals surface area (Å²) in [6, 6.07) is -6.34. The third-order valence-corrected chi connectivity index (χ3v) is 8.97. The number of carbonyl (C=O) groups is 7. The van der Waals surface area contributed by atoms with Gasteiger partial charge in [0.05, 0.1) is 6.61 Å². The molecule has 0 spiro atoms. The molecule has 0 aliphatic carbocycles. The molecule has 11 N–H and O–H groups in total. The molecule has 1 aliphatic heterocycles. The average Bonchev–Trinajstić information content (AvgIpc) is 3.59. The first-order chi connectivity index (χ1) is 25.0. The summed E-state index contributed by atoms with van der Waals surface area (Å²) in [4.78, 5) is 97.6. The van der Waals surface area contributed by atoms with Crippen molar-refractivity contribution in [2.24, 2.45) is 28.3 Å². The highest BCUT2D eigenvalue weighted by molar-refractivity contribution is 5.97. The van der Waals surface area contributed by atoms with Crippen LogP contribution < -0.4 is 43.4 Å². The molecule has 53 heavy (non-hydrogen) atoms. The Morgan fingerprint density at radius 1 is 0.811 bits per heavy atom. The highest BCUT2D eigenvalue weighted by Crippen LogP contribution is 2.20. The van der Waals surface area contributed by atoms with Gasteiger partial charge in [-0.2, -0.15) is 0 Å². The van der Waals surface area contributed by atoms with Crippen molar-refractivity contribution < 1.29 is 38.7 Å². The van der Waals surface area contributed by atoms with Gasteiger partial charge in [-0.15, -0.1) is 0 Å². The molecule has 18 heteroatoms. The van der Waals surface area contributed by atoms with Crippen LogP contribution in [0.3, 0.4) is 0 Å². The molecule has 0 radical (unpaired) electrons. The molecule has 7 atom stereocenters. The Morgan fingerprint density at radius 2 is 1.42 bits per heavy atom. The molecule has 1 aliphatic rings. The zero-order valence-corrected chi connectivity index (χ0v) is 32.5. The largest absolute Gasteiger partial charge is 0.394 e. The molecule has 1 saturated heterocycles. The average molecular weight is 753 g/mol. The number of hydrogen-bond donors (Lipinski definition) is 9. The predicted molar refractivity (Wildman–Crippen MR) is 200 cm³/mol. The molecular weight excluding hydrogens is 688 g/mol. The van der Waals surface area contributed by atoms with Gasteiger partial charge in [-0.05, 0) is 57.3 Å². The van der Waals surface area contributed by atoms with Crippen LogP contribution in [0.15, 0.2) is 4.99 Å².